The first-order valence-electron chi connectivity index (χ1n) is 6.56. The summed E-state index contributed by atoms with van der Waals surface area (Å²) in [6.45, 7) is 9.80. The highest BCUT2D eigenvalue weighted by atomic mass is 35.5. The summed E-state index contributed by atoms with van der Waals surface area (Å²) in [5.41, 5.74) is 2.49. The molecule has 1 aromatic carbocycles. The van der Waals surface area contributed by atoms with Crippen LogP contribution in [0.2, 0.25) is 5.02 Å². The van der Waals surface area contributed by atoms with Crippen LogP contribution in [0.5, 0.6) is 0 Å². The van der Waals surface area contributed by atoms with Crippen molar-refractivity contribution in [3.8, 4) is 0 Å². The molecule has 0 saturated heterocycles. The number of hydrogen-bond donors (Lipinski definition) is 1. The van der Waals surface area contributed by atoms with Gasteiger partial charge in [-0.25, -0.2) is 0 Å². The van der Waals surface area contributed by atoms with Crippen molar-refractivity contribution in [2.45, 2.75) is 46.6 Å². The van der Waals surface area contributed by atoms with Gasteiger partial charge >= 0.3 is 0 Å². The van der Waals surface area contributed by atoms with Crippen LogP contribution in [0, 0.1) is 12.8 Å². The zero-order chi connectivity index (χ0) is 12.8. The Kier molecular flexibility index (Phi) is 6.01. The minimum absolute atomic E-state index is 0.581. The van der Waals surface area contributed by atoms with E-state index < -0.39 is 0 Å². The summed E-state index contributed by atoms with van der Waals surface area (Å²) >= 11 is 6.28. The van der Waals surface area contributed by atoms with Crippen molar-refractivity contribution in [2.24, 2.45) is 5.92 Å². The normalized spacial score (nSPS) is 14.6. The van der Waals surface area contributed by atoms with Crippen LogP contribution < -0.4 is 5.32 Å². The standard InChI is InChI=1S/C15H24ClN/c1-5-15(17-6-2)12(4)10-13-8-7-11(3)9-14(13)16/h7-9,12,15,17H,5-6,10H2,1-4H3. The van der Waals surface area contributed by atoms with Gasteiger partial charge in [-0.05, 0) is 49.4 Å². The summed E-state index contributed by atoms with van der Waals surface area (Å²) in [4.78, 5) is 0. The van der Waals surface area contributed by atoms with Crippen molar-refractivity contribution in [1.29, 1.82) is 0 Å². The monoisotopic (exact) mass is 253 g/mol. The lowest BCUT2D eigenvalue weighted by Gasteiger charge is -2.24. The maximum Gasteiger partial charge on any atom is 0.0440 e. The Balaban J connectivity index is 2.69. The first-order chi connectivity index (χ1) is 8.08. The molecule has 1 aromatic rings. The van der Waals surface area contributed by atoms with Gasteiger partial charge < -0.3 is 5.32 Å². The van der Waals surface area contributed by atoms with Crippen LogP contribution in [0.4, 0.5) is 0 Å². The highest BCUT2D eigenvalue weighted by molar-refractivity contribution is 6.31. The lowest BCUT2D eigenvalue weighted by Crippen LogP contribution is -2.35. The number of benzene rings is 1. The molecule has 0 aliphatic carbocycles. The molecular weight excluding hydrogens is 230 g/mol. The fourth-order valence-corrected chi connectivity index (χ4v) is 2.63. The molecule has 0 heterocycles. The highest BCUT2D eigenvalue weighted by Gasteiger charge is 2.15. The Hall–Kier alpha value is -0.530. The summed E-state index contributed by atoms with van der Waals surface area (Å²) in [5.74, 6) is 0.611. The molecule has 17 heavy (non-hydrogen) atoms. The zero-order valence-electron chi connectivity index (χ0n) is 11.4. The van der Waals surface area contributed by atoms with E-state index in [4.69, 9.17) is 11.6 Å². The van der Waals surface area contributed by atoms with Crippen LogP contribution in [-0.4, -0.2) is 12.6 Å². The minimum Gasteiger partial charge on any atom is -0.314 e. The molecule has 0 bridgehead atoms. The fraction of sp³-hybridized carbons (Fsp3) is 0.600. The van der Waals surface area contributed by atoms with Crippen LogP contribution in [0.3, 0.4) is 0 Å². The highest BCUT2D eigenvalue weighted by Crippen LogP contribution is 2.22. The molecule has 0 saturated carbocycles. The molecule has 0 aromatic heterocycles. The Morgan fingerprint density at radius 3 is 2.53 bits per heavy atom. The summed E-state index contributed by atoms with van der Waals surface area (Å²) in [6, 6.07) is 6.93. The third-order valence-corrected chi connectivity index (χ3v) is 3.70. The smallest absolute Gasteiger partial charge is 0.0440 e. The topological polar surface area (TPSA) is 12.0 Å². The quantitative estimate of drug-likeness (QED) is 0.801. The second-order valence-corrected chi connectivity index (χ2v) is 5.26. The molecule has 2 unspecified atom stereocenters. The zero-order valence-corrected chi connectivity index (χ0v) is 12.1. The predicted octanol–water partition coefficient (Wildman–Crippen LogP) is 4.22. The Labute approximate surface area is 111 Å². The Morgan fingerprint density at radius 1 is 1.29 bits per heavy atom. The lowest BCUT2D eigenvalue weighted by atomic mass is 9.92. The molecule has 0 amide bonds. The Bertz CT molecular complexity index is 349. The van der Waals surface area contributed by atoms with Crippen molar-refractivity contribution < 1.29 is 0 Å². The first-order valence-corrected chi connectivity index (χ1v) is 6.94. The molecule has 1 rings (SSSR count). The van der Waals surface area contributed by atoms with Crippen molar-refractivity contribution in [1.82, 2.24) is 5.32 Å². The van der Waals surface area contributed by atoms with E-state index in [9.17, 15) is 0 Å². The third-order valence-electron chi connectivity index (χ3n) is 3.34. The van der Waals surface area contributed by atoms with E-state index in [2.05, 4.69) is 51.2 Å². The maximum absolute atomic E-state index is 6.28. The summed E-state index contributed by atoms with van der Waals surface area (Å²) in [5, 5.41) is 4.45. The van der Waals surface area contributed by atoms with Gasteiger partial charge in [-0.1, -0.05) is 44.5 Å². The van der Waals surface area contributed by atoms with E-state index in [0.717, 1.165) is 18.0 Å². The SMILES string of the molecule is CCNC(CC)C(C)Cc1ccc(C)cc1Cl. The molecule has 0 aliphatic rings. The van der Waals surface area contributed by atoms with Crippen LogP contribution >= 0.6 is 11.6 Å². The maximum atomic E-state index is 6.28. The molecular formula is C15H24ClN. The first kappa shape index (κ1) is 14.5. The predicted molar refractivity (Wildman–Crippen MR) is 76.8 cm³/mol. The van der Waals surface area contributed by atoms with Crippen LogP contribution in [0.25, 0.3) is 0 Å². The number of rotatable bonds is 6. The molecule has 0 fully saturated rings. The van der Waals surface area contributed by atoms with Crippen LogP contribution in [0.1, 0.15) is 38.3 Å². The van der Waals surface area contributed by atoms with E-state index in [-0.39, 0.29) is 0 Å². The number of hydrogen-bond acceptors (Lipinski definition) is 1. The largest absolute Gasteiger partial charge is 0.314 e. The number of aryl methyl sites for hydroxylation is 1. The summed E-state index contributed by atoms with van der Waals surface area (Å²) in [6.07, 6.45) is 2.21. The molecule has 0 aliphatic heterocycles. The van der Waals surface area contributed by atoms with Gasteiger partial charge in [-0.15, -0.1) is 0 Å². The molecule has 2 atom stereocenters. The molecule has 0 spiro atoms. The number of nitrogens with one attached hydrogen (secondary N) is 1. The molecule has 1 nitrogen and oxygen atoms in total. The van der Waals surface area contributed by atoms with Gasteiger partial charge in [0.05, 0.1) is 0 Å². The van der Waals surface area contributed by atoms with Gasteiger partial charge in [0.2, 0.25) is 0 Å². The van der Waals surface area contributed by atoms with Gasteiger partial charge in [-0.3, -0.25) is 0 Å². The van der Waals surface area contributed by atoms with Crippen molar-refractivity contribution in [3.05, 3.63) is 34.3 Å². The Morgan fingerprint density at radius 2 is 2.00 bits per heavy atom. The average Bonchev–Trinajstić information content (AvgIpc) is 2.29. The second kappa shape index (κ2) is 7.03. The molecule has 2 heteroatoms. The molecule has 96 valence electrons. The third kappa shape index (κ3) is 4.33. The molecule has 0 radical (unpaired) electrons. The van der Waals surface area contributed by atoms with Gasteiger partial charge in [0.1, 0.15) is 0 Å². The van der Waals surface area contributed by atoms with Crippen LogP contribution in [0.15, 0.2) is 18.2 Å². The van der Waals surface area contributed by atoms with Gasteiger partial charge in [0.15, 0.2) is 0 Å². The van der Waals surface area contributed by atoms with Crippen molar-refractivity contribution >= 4 is 11.6 Å². The van der Waals surface area contributed by atoms with Crippen molar-refractivity contribution in [2.75, 3.05) is 6.54 Å². The van der Waals surface area contributed by atoms with Gasteiger partial charge in [0.25, 0.3) is 0 Å². The minimum atomic E-state index is 0.581. The lowest BCUT2D eigenvalue weighted by molar-refractivity contribution is 0.371. The summed E-state index contributed by atoms with van der Waals surface area (Å²) in [7, 11) is 0. The van der Waals surface area contributed by atoms with Crippen molar-refractivity contribution in [3.63, 3.8) is 0 Å². The summed E-state index contributed by atoms with van der Waals surface area (Å²) < 4.78 is 0. The van der Waals surface area contributed by atoms with E-state index in [0.29, 0.717) is 12.0 Å². The second-order valence-electron chi connectivity index (χ2n) is 4.85. The van der Waals surface area contributed by atoms with Gasteiger partial charge in [0, 0.05) is 11.1 Å². The van der Waals surface area contributed by atoms with E-state index >= 15 is 0 Å². The van der Waals surface area contributed by atoms with Gasteiger partial charge in [-0.2, -0.15) is 0 Å². The fourth-order valence-electron chi connectivity index (χ4n) is 2.32. The number of halogens is 1. The van der Waals surface area contributed by atoms with E-state index in [1.807, 2.05) is 0 Å². The molecule has 1 N–H and O–H groups in total. The van der Waals surface area contributed by atoms with Crippen LogP contribution in [-0.2, 0) is 6.42 Å². The van der Waals surface area contributed by atoms with E-state index in [1.54, 1.807) is 0 Å². The van der Waals surface area contributed by atoms with E-state index in [1.165, 1.54) is 17.5 Å². The average molecular weight is 254 g/mol.